The van der Waals surface area contributed by atoms with E-state index in [0.29, 0.717) is 22.8 Å². The second kappa shape index (κ2) is 9.77. The summed E-state index contributed by atoms with van der Waals surface area (Å²) in [7, 11) is 0. The van der Waals surface area contributed by atoms with Crippen LogP contribution in [-0.4, -0.2) is 37.6 Å². The highest BCUT2D eigenvalue weighted by atomic mass is 35.5. The smallest absolute Gasteiger partial charge is 0.418 e. The van der Waals surface area contributed by atoms with Gasteiger partial charge >= 0.3 is 12.1 Å². The van der Waals surface area contributed by atoms with Crippen molar-refractivity contribution in [2.24, 2.45) is 5.16 Å². The Hall–Kier alpha value is -3.47. The van der Waals surface area contributed by atoms with Crippen LogP contribution < -0.4 is 14.8 Å². The summed E-state index contributed by atoms with van der Waals surface area (Å²) in [5, 5.41) is 5.47. The van der Waals surface area contributed by atoms with Crippen LogP contribution in [0.5, 0.6) is 11.5 Å². The number of para-hydroxylation sites is 1. The molecule has 0 bridgehead atoms. The minimum Gasteiger partial charge on any atom is -0.454 e. The third-order valence-electron chi connectivity index (χ3n) is 4.12. The van der Waals surface area contributed by atoms with Crippen LogP contribution in [0.25, 0.3) is 0 Å². The van der Waals surface area contributed by atoms with Crippen LogP contribution in [0.15, 0.2) is 41.6 Å². The molecule has 12 heteroatoms. The molecule has 1 amide bonds. The second-order valence-electron chi connectivity index (χ2n) is 6.39. The highest BCUT2D eigenvalue weighted by Crippen LogP contribution is 2.38. The van der Waals surface area contributed by atoms with Gasteiger partial charge in [0.15, 0.2) is 18.1 Å². The van der Waals surface area contributed by atoms with E-state index >= 15 is 0 Å². The molecule has 0 aliphatic carbocycles. The first kappa shape index (κ1) is 23.2. The SMILES string of the molecule is C/C(=N\OCC(=O)OCC(=O)Nc1c(Cl)cccc1C(F)(F)F)c1ccc2c(c1)OCO2. The third-order valence-corrected chi connectivity index (χ3v) is 4.44. The zero-order chi connectivity index (χ0) is 23.3. The molecular formula is C20H16ClF3N2O6. The van der Waals surface area contributed by atoms with E-state index in [1.54, 1.807) is 25.1 Å². The number of halogens is 4. The van der Waals surface area contributed by atoms with Gasteiger partial charge in [-0.2, -0.15) is 13.2 Å². The van der Waals surface area contributed by atoms with Gasteiger partial charge in [0.05, 0.1) is 22.0 Å². The lowest BCUT2D eigenvalue weighted by atomic mass is 10.1. The fourth-order valence-electron chi connectivity index (χ4n) is 2.61. The number of amides is 1. The van der Waals surface area contributed by atoms with Crippen LogP contribution in [0.3, 0.4) is 0 Å². The third kappa shape index (κ3) is 5.82. The minimum atomic E-state index is -4.73. The van der Waals surface area contributed by atoms with Gasteiger partial charge in [-0.15, -0.1) is 0 Å². The van der Waals surface area contributed by atoms with E-state index in [9.17, 15) is 22.8 Å². The summed E-state index contributed by atoms with van der Waals surface area (Å²) >= 11 is 5.75. The van der Waals surface area contributed by atoms with E-state index in [4.69, 9.17) is 25.9 Å². The van der Waals surface area contributed by atoms with Crippen molar-refractivity contribution in [2.45, 2.75) is 13.1 Å². The highest BCUT2D eigenvalue weighted by Gasteiger charge is 2.34. The normalized spacial score (nSPS) is 13.0. The molecule has 0 saturated carbocycles. The number of benzene rings is 2. The van der Waals surface area contributed by atoms with E-state index in [-0.39, 0.29) is 11.8 Å². The summed E-state index contributed by atoms with van der Waals surface area (Å²) in [6, 6.07) is 8.17. The summed E-state index contributed by atoms with van der Waals surface area (Å²) in [5.41, 5.74) is -0.640. The molecule has 170 valence electrons. The number of hydrogen-bond donors (Lipinski definition) is 1. The first-order valence-electron chi connectivity index (χ1n) is 9.03. The zero-order valence-corrected chi connectivity index (χ0v) is 17.2. The Kier molecular flexibility index (Phi) is 7.08. The number of nitrogens with one attached hydrogen (secondary N) is 1. The molecule has 1 heterocycles. The quantitative estimate of drug-likeness (QED) is 0.372. The molecule has 2 aromatic carbocycles. The minimum absolute atomic E-state index is 0.124. The van der Waals surface area contributed by atoms with Crippen molar-refractivity contribution in [1.29, 1.82) is 0 Å². The van der Waals surface area contributed by atoms with Gasteiger partial charge in [-0.25, -0.2) is 4.79 Å². The van der Waals surface area contributed by atoms with E-state index in [0.717, 1.165) is 12.1 Å². The number of anilines is 1. The first-order valence-corrected chi connectivity index (χ1v) is 9.40. The number of rotatable bonds is 7. The molecule has 3 rings (SSSR count). The monoisotopic (exact) mass is 472 g/mol. The van der Waals surface area contributed by atoms with Crippen LogP contribution >= 0.6 is 11.6 Å². The van der Waals surface area contributed by atoms with Crippen molar-refractivity contribution in [3.05, 3.63) is 52.5 Å². The Morgan fingerprint density at radius 2 is 1.91 bits per heavy atom. The molecule has 0 atom stereocenters. The van der Waals surface area contributed by atoms with Crippen LogP contribution in [0.4, 0.5) is 18.9 Å². The lowest BCUT2D eigenvalue weighted by molar-refractivity contribution is -0.152. The largest absolute Gasteiger partial charge is 0.454 e. The lowest BCUT2D eigenvalue weighted by Crippen LogP contribution is -2.24. The number of carbonyl (C=O) groups is 2. The number of carbonyl (C=O) groups excluding carboxylic acids is 2. The Morgan fingerprint density at radius 3 is 2.66 bits per heavy atom. The Balaban J connectivity index is 1.48. The molecular weight excluding hydrogens is 457 g/mol. The topological polar surface area (TPSA) is 95.5 Å². The van der Waals surface area contributed by atoms with Crippen LogP contribution in [0.2, 0.25) is 5.02 Å². The van der Waals surface area contributed by atoms with Gasteiger partial charge in [-0.05, 0) is 37.3 Å². The maximum absolute atomic E-state index is 13.0. The summed E-state index contributed by atoms with van der Waals surface area (Å²) < 4.78 is 54.3. The predicted octanol–water partition coefficient (Wildman–Crippen LogP) is 4.01. The van der Waals surface area contributed by atoms with Crippen LogP contribution in [0.1, 0.15) is 18.1 Å². The summed E-state index contributed by atoms with van der Waals surface area (Å²) in [4.78, 5) is 28.5. The van der Waals surface area contributed by atoms with Gasteiger partial charge in [-0.1, -0.05) is 22.8 Å². The number of hydrogen-bond acceptors (Lipinski definition) is 7. The predicted molar refractivity (Wildman–Crippen MR) is 107 cm³/mol. The summed E-state index contributed by atoms with van der Waals surface area (Å²) in [6.45, 7) is 0.307. The van der Waals surface area contributed by atoms with E-state index in [1.165, 1.54) is 6.07 Å². The molecule has 1 N–H and O–H groups in total. The van der Waals surface area contributed by atoms with Crippen molar-refractivity contribution in [1.82, 2.24) is 0 Å². The van der Waals surface area contributed by atoms with E-state index in [2.05, 4.69) is 9.89 Å². The van der Waals surface area contributed by atoms with Gasteiger partial charge in [0.1, 0.15) is 0 Å². The molecule has 0 saturated heterocycles. The average molecular weight is 473 g/mol. The highest BCUT2D eigenvalue weighted by molar-refractivity contribution is 6.34. The molecule has 32 heavy (non-hydrogen) atoms. The molecule has 1 aliphatic heterocycles. The Bertz CT molecular complexity index is 1060. The fraction of sp³-hybridized carbons (Fsp3) is 0.250. The summed E-state index contributed by atoms with van der Waals surface area (Å²) in [6.07, 6.45) is -4.73. The second-order valence-corrected chi connectivity index (χ2v) is 6.79. The number of alkyl halides is 3. The number of oxime groups is 1. The van der Waals surface area contributed by atoms with Crippen molar-refractivity contribution in [2.75, 3.05) is 25.3 Å². The molecule has 8 nitrogen and oxygen atoms in total. The number of fused-ring (bicyclic) bond motifs is 1. The Morgan fingerprint density at radius 1 is 1.16 bits per heavy atom. The molecule has 1 aliphatic rings. The van der Waals surface area contributed by atoms with Crippen molar-refractivity contribution in [3.8, 4) is 11.5 Å². The maximum atomic E-state index is 13.0. The summed E-state index contributed by atoms with van der Waals surface area (Å²) in [5.74, 6) is -0.798. The molecule has 0 spiro atoms. The van der Waals surface area contributed by atoms with Crippen molar-refractivity contribution in [3.63, 3.8) is 0 Å². The molecule has 0 fully saturated rings. The standard InChI is InChI=1S/C20H16ClF3N2O6/c1-11(12-5-6-15-16(7-12)31-10-30-15)26-32-9-18(28)29-8-17(27)25-19-13(20(22,23)24)3-2-4-14(19)21/h2-7H,8-10H2,1H3,(H,25,27)/b26-11+. The van der Waals surface area contributed by atoms with E-state index < -0.39 is 42.5 Å². The molecule has 2 aromatic rings. The lowest BCUT2D eigenvalue weighted by Gasteiger charge is -2.15. The van der Waals surface area contributed by atoms with Gasteiger partial charge in [0.2, 0.25) is 13.4 Å². The number of ether oxygens (including phenoxy) is 3. The maximum Gasteiger partial charge on any atom is 0.418 e. The first-order chi connectivity index (χ1) is 15.1. The average Bonchev–Trinajstić information content (AvgIpc) is 3.20. The zero-order valence-electron chi connectivity index (χ0n) is 16.5. The molecule has 0 unspecified atom stereocenters. The van der Waals surface area contributed by atoms with Gasteiger partial charge in [-0.3, -0.25) is 4.79 Å². The van der Waals surface area contributed by atoms with Crippen LogP contribution in [-0.2, 0) is 25.3 Å². The fourth-order valence-corrected chi connectivity index (χ4v) is 2.83. The van der Waals surface area contributed by atoms with Crippen LogP contribution in [0, 0.1) is 0 Å². The number of nitrogens with zero attached hydrogens (tertiary/aromatic N) is 1. The van der Waals surface area contributed by atoms with E-state index in [1.807, 2.05) is 5.32 Å². The van der Waals surface area contributed by atoms with Gasteiger partial charge in [0.25, 0.3) is 5.91 Å². The molecule has 0 aromatic heterocycles. The Labute approximate surface area is 184 Å². The molecule has 0 radical (unpaired) electrons. The van der Waals surface area contributed by atoms with Crippen molar-refractivity contribution >= 4 is 34.9 Å². The van der Waals surface area contributed by atoms with Gasteiger partial charge in [0, 0.05) is 5.56 Å². The van der Waals surface area contributed by atoms with Gasteiger partial charge < -0.3 is 24.4 Å². The van der Waals surface area contributed by atoms with Crippen molar-refractivity contribution < 1.29 is 41.8 Å². The number of esters is 1.